The van der Waals surface area contributed by atoms with Crippen molar-refractivity contribution in [2.45, 2.75) is 44.3 Å². The van der Waals surface area contributed by atoms with Crippen LogP contribution in [0.2, 0.25) is 0 Å². The van der Waals surface area contributed by atoms with Gasteiger partial charge in [0.25, 0.3) is 0 Å². The molecule has 0 radical (unpaired) electrons. The van der Waals surface area contributed by atoms with Crippen LogP contribution in [0.3, 0.4) is 0 Å². The van der Waals surface area contributed by atoms with Crippen LogP contribution in [0.25, 0.3) is 0 Å². The number of nitrogens with zero attached hydrogens (tertiary/aromatic N) is 6. The topological polar surface area (TPSA) is 88.4 Å². The summed E-state index contributed by atoms with van der Waals surface area (Å²) in [7, 11) is 4.07. The van der Waals surface area contributed by atoms with E-state index in [4.69, 9.17) is 5.26 Å². The fourth-order valence-electron chi connectivity index (χ4n) is 4.88. The molecule has 0 aliphatic carbocycles. The number of nitriles is 1. The van der Waals surface area contributed by atoms with E-state index in [9.17, 15) is 18.0 Å². The van der Waals surface area contributed by atoms with Gasteiger partial charge in [-0.3, -0.25) is 4.79 Å². The lowest BCUT2D eigenvalue weighted by atomic mass is 9.93. The molecule has 2 fully saturated rings. The molecule has 0 saturated carbocycles. The number of benzene rings is 1. The van der Waals surface area contributed by atoms with Crippen LogP contribution in [0.1, 0.15) is 42.6 Å². The highest BCUT2D eigenvalue weighted by molar-refractivity contribution is 5.86. The Morgan fingerprint density at radius 2 is 1.79 bits per heavy atom. The van der Waals surface area contributed by atoms with Gasteiger partial charge < -0.3 is 20.0 Å². The van der Waals surface area contributed by atoms with Gasteiger partial charge in [-0.1, -0.05) is 12.1 Å². The molecule has 11 heteroatoms. The molecule has 1 amide bonds. The van der Waals surface area contributed by atoms with E-state index < -0.39 is 18.0 Å². The van der Waals surface area contributed by atoms with Crippen molar-refractivity contribution in [1.82, 2.24) is 20.2 Å². The zero-order valence-electron chi connectivity index (χ0n) is 21.8. The number of hydrogen-bond donors (Lipinski definition) is 1. The number of aromatic nitrogens is 2. The van der Waals surface area contributed by atoms with Crippen molar-refractivity contribution in [1.29, 1.82) is 5.26 Å². The molecule has 2 saturated heterocycles. The number of anilines is 2. The summed E-state index contributed by atoms with van der Waals surface area (Å²) in [5, 5.41) is 11.8. The van der Waals surface area contributed by atoms with E-state index in [0.717, 1.165) is 31.4 Å². The molecular weight excluding hydrogens is 495 g/mol. The van der Waals surface area contributed by atoms with E-state index >= 15 is 0 Å². The molecule has 1 unspecified atom stereocenters. The summed E-state index contributed by atoms with van der Waals surface area (Å²) in [6.07, 6.45) is -0.672. The smallest absolute Gasteiger partial charge is 0.356 e. The highest BCUT2D eigenvalue weighted by atomic mass is 19.4. The largest absolute Gasteiger partial charge is 0.451 e. The fraction of sp³-hybridized carbons (Fsp3) is 0.556. The van der Waals surface area contributed by atoms with Crippen LogP contribution in [0.5, 0.6) is 0 Å². The van der Waals surface area contributed by atoms with E-state index in [1.165, 1.54) is 0 Å². The third-order valence-electron chi connectivity index (χ3n) is 7.29. The molecule has 2 aromatic rings. The SMILES string of the molecule is CN(C)CCC1CCN(c2cc(N3CCC3C(=O)NCCc3ccc(C#N)cc3)nc(C(F)(F)F)n2)CC1. The standard InChI is InChI=1S/C27H34F3N7O/c1-35(2)13-8-20-9-14-36(15-10-20)23-17-24(34-26(33-23)27(28,29)30)37-16-11-22(37)25(38)32-12-7-19-3-5-21(18-31)6-4-19/h3-6,17,20,22H,7-16H2,1-2H3,(H,32,38). The number of rotatable bonds is 9. The number of amides is 1. The van der Waals surface area contributed by atoms with E-state index in [0.29, 0.717) is 50.5 Å². The van der Waals surface area contributed by atoms with Crippen molar-refractivity contribution in [3.63, 3.8) is 0 Å². The number of nitrogens with one attached hydrogen (secondary N) is 1. The third kappa shape index (κ3) is 6.92. The predicted octanol–water partition coefficient (Wildman–Crippen LogP) is 3.47. The maximum atomic E-state index is 13.7. The number of carbonyl (C=O) groups excluding carboxylic acids is 1. The lowest BCUT2D eigenvalue weighted by molar-refractivity contribution is -0.144. The molecule has 1 N–H and O–H groups in total. The normalized spacial score (nSPS) is 18.3. The second-order valence-electron chi connectivity index (χ2n) is 10.3. The Labute approximate surface area is 221 Å². The summed E-state index contributed by atoms with van der Waals surface area (Å²) in [5.41, 5.74) is 1.55. The van der Waals surface area contributed by atoms with Crippen molar-refractivity contribution in [2.75, 3.05) is 56.6 Å². The molecule has 38 heavy (non-hydrogen) atoms. The second-order valence-corrected chi connectivity index (χ2v) is 10.3. The van der Waals surface area contributed by atoms with E-state index in [1.807, 2.05) is 31.1 Å². The first-order valence-electron chi connectivity index (χ1n) is 13.0. The maximum absolute atomic E-state index is 13.7. The highest BCUT2D eigenvalue weighted by Crippen LogP contribution is 2.34. The predicted molar refractivity (Wildman–Crippen MR) is 139 cm³/mol. The molecule has 204 valence electrons. The molecule has 8 nitrogen and oxygen atoms in total. The molecular formula is C27H34F3N7O. The Morgan fingerprint density at radius 3 is 2.37 bits per heavy atom. The Balaban J connectivity index is 1.40. The number of halogens is 3. The van der Waals surface area contributed by atoms with Gasteiger partial charge in [0.05, 0.1) is 11.6 Å². The molecule has 2 aliphatic heterocycles. The minimum Gasteiger partial charge on any atom is -0.356 e. The van der Waals surface area contributed by atoms with Gasteiger partial charge in [0, 0.05) is 32.2 Å². The lowest BCUT2D eigenvalue weighted by Crippen LogP contribution is -2.57. The zero-order chi connectivity index (χ0) is 27.3. The van der Waals surface area contributed by atoms with E-state index in [2.05, 4.69) is 26.3 Å². The zero-order valence-corrected chi connectivity index (χ0v) is 21.8. The van der Waals surface area contributed by atoms with Gasteiger partial charge in [-0.05, 0) is 76.4 Å². The molecule has 4 rings (SSSR count). The number of piperidine rings is 1. The van der Waals surface area contributed by atoms with Gasteiger partial charge in [0.2, 0.25) is 11.7 Å². The Hall–Kier alpha value is -3.39. The average Bonchev–Trinajstić information content (AvgIpc) is 2.87. The summed E-state index contributed by atoms with van der Waals surface area (Å²) in [6.45, 7) is 3.12. The summed E-state index contributed by atoms with van der Waals surface area (Å²) < 4.78 is 41.1. The molecule has 0 spiro atoms. The quantitative estimate of drug-likeness (QED) is 0.532. The molecule has 1 aromatic heterocycles. The van der Waals surface area contributed by atoms with Gasteiger partial charge in [-0.2, -0.15) is 18.4 Å². The van der Waals surface area contributed by atoms with Crippen molar-refractivity contribution >= 4 is 17.5 Å². The van der Waals surface area contributed by atoms with E-state index in [1.54, 1.807) is 23.1 Å². The maximum Gasteiger partial charge on any atom is 0.451 e. The van der Waals surface area contributed by atoms with Crippen LogP contribution >= 0.6 is 0 Å². The summed E-state index contributed by atoms with van der Waals surface area (Å²) in [5.74, 6) is -0.465. The monoisotopic (exact) mass is 529 g/mol. The van der Waals surface area contributed by atoms with Crippen molar-refractivity contribution in [3.8, 4) is 6.07 Å². The fourth-order valence-corrected chi connectivity index (χ4v) is 4.88. The highest BCUT2D eigenvalue weighted by Gasteiger charge is 2.40. The molecule has 2 aliphatic rings. The Bertz CT molecular complexity index is 1140. The van der Waals surface area contributed by atoms with Crippen LogP contribution in [0.4, 0.5) is 24.8 Å². The van der Waals surface area contributed by atoms with Crippen molar-refractivity contribution in [2.24, 2.45) is 5.92 Å². The third-order valence-corrected chi connectivity index (χ3v) is 7.29. The Kier molecular flexibility index (Phi) is 8.72. The van der Waals surface area contributed by atoms with Gasteiger partial charge >= 0.3 is 6.18 Å². The Morgan fingerprint density at radius 1 is 1.11 bits per heavy atom. The molecule has 3 heterocycles. The molecule has 1 aromatic carbocycles. The first-order valence-corrected chi connectivity index (χ1v) is 13.0. The van der Waals surface area contributed by atoms with Gasteiger partial charge in [0.15, 0.2) is 0 Å². The number of carbonyl (C=O) groups is 1. The van der Waals surface area contributed by atoms with Gasteiger partial charge in [-0.15, -0.1) is 0 Å². The van der Waals surface area contributed by atoms with Crippen molar-refractivity contribution in [3.05, 3.63) is 47.3 Å². The van der Waals surface area contributed by atoms with Crippen LogP contribution < -0.4 is 15.1 Å². The van der Waals surface area contributed by atoms with Crippen LogP contribution in [-0.4, -0.2) is 73.6 Å². The minimum absolute atomic E-state index is 0.135. The summed E-state index contributed by atoms with van der Waals surface area (Å²) in [4.78, 5) is 26.2. The first kappa shape index (κ1) is 27.6. The number of hydrogen-bond acceptors (Lipinski definition) is 7. The van der Waals surface area contributed by atoms with Crippen LogP contribution in [-0.2, 0) is 17.4 Å². The molecule has 1 atom stereocenters. The van der Waals surface area contributed by atoms with Crippen molar-refractivity contribution < 1.29 is 18.0 Å². The van der Waals surface area contributed by atoms with Gasteiger partial charge in [0.1, 0.15) is 17.7 Å². The summed E-state index contributed by atoms with van der Waals surface area (Å²) >= 11 is 0. The van der Waals surface area contributed by atoms with Crippen LogP contribution in [0.15, 0.2) is 30.3 Å². The minimum atomic E-state index is -4.68. The first-order chi connectivity index (χ1) is 18.1. The van der Waals surface area contributed by atoms with Crippen LogP contribution in [0, 0.1) is 17.2 Å². The number of alkyl halides is 3. The molecule has 0 bridgehead atoms. The summed E-state index contributed by atoms with van der Waals surface area (Å²) in [6, 6.07) is 10.2. The second kappa shape index (κ2) is 12.0. The average molecular weight is 530 g/mol. The van der Waals surface area contributed by atoms with E-state index in [-0.39, 0.29) is 17.5 Å². The van der Waals surface area contributed by atoms with Gasteiger partial charge in [-0.25, -0.2) is 9.97 Å². The lowest BCUT2D eigenvalue weighted by Gasteiger charge is -2.41.